The van der Waals surface area contributed by atoms with Crippen LogP contribution < -0.4 is 5.73 Å². The first-order chi connectivity index (χ1) is 3.85. The Bertz CT molecular complexity index is 49.8. The normalized spacial score (nSPS) is 9.38. The highest BCUT2D eigenvalue weighted by Gasteiger charge is 2.14. The Morgan fingerprint density at radius 1 is 1.38 bits per heavy atom. The van der Waals surface area contributed by atoms with Crippen molar-refractivity contribution in [3.05, 3.63) is 0 Å². The molecule has 48 valence electrons. The van der Waals surface area contributed by atoms with Crippen molar-refractivity contribution in [2.24, 2.45) is 5.73 Å². The van der Waals surface area contributed by atoms with E-state index in [1.807, 2.05) is 0 Å². The number of rotatable bonds is 4. The average Bonchev–Trinajstić information content (AvgIpc) is 1.83. The summed E-state index contributed by atoms with van der Waals surface area (Å²) >= 11 is 0. The first-order valence-corrected chi connectivity index (χ1v) is 2.22. The molecule has 0 aliphatic heterocycles. The Hall–Kier alpha value is -0.0951. The molecule has 0 aromatic rings. The zero-order valence-corrected chi connectivity index (χ0v) is 5.09. The third kappa shape index (κ3) is 2.98. The van der Waals surface area contributed by atoms with Gasteiger partial charge >= 0.3 is 7.32 Å². The van der Waals surface area contributed by atoms with Crippen LogP contribution in [0.4, 0.5) is 0 Å². The van der Waals surface area contributed by atoms with Gasteiger partial charge in [0.2, 0.25) is 0 Å². The Kier molecular flexibility index (Phi) is 4.99. The number of nitrogens with two attached hydrogens (primary N) is 1. The maximum atomic E-state index is 5.00. The molecule has 0 aromatic heterocycles. The van der Waals surface area contributed by atoms with Crippen LogP contribution in [0.2, 0.25) is 0 Å². The minimum absolute atomic E-state index is 0.104. The third-order valence-electron chi connectivity index (χ3n) is 0.617. The Morgan fingerprint density at radius 3 is 2.00 bits per heavy atom. The Morgan fingerprint density at radius 2 is 1.88 bits per heavy atom. The van der Waals surface area contributed by atoms with E-state index in [0.29, 0.717) is 0 Å². The van der Waals surface area contributed by atoms with Gasteiger partial charge in [-0.1, -0.05) is 0 Å². The third-order valence-corrected chi connectivity index (χ3v) is 0.617. The number of hydrogen-bond acceptors (Lipinski definition) is 4. The molecule has 0 saturated carbocycles. The quantitative estimate of drug-likeness (QED) is 0.388. The molecule has 0 unspecified atom stereocenters. The zero-order valence-electron chi connectivity index (χ0n) is 5.09. The van der Waals surface area contributed by atoms with Crippen molar-refractivity contribution >= 4 is 7.32 Å². The molecule has 2 N–H and O–H groups in total. The minimum atomic E-state index is -0.625. The molecule has 4 nitrogen and oxygen atoms in total. The molecule has 8 heavy (non-hydrogen) atoms. The SMILES string of the molecule is COB(OC)OCN. The Balaban J connectivity index is 3.07. The lowest BCUT2D eigenvalue weighted by molar-refractivity contribution is 0.139. The van der Waals surface area contributed by atoms with E-state index in [-0.39, 0.29) is 6.73 Å². The highest BCUT2D eigenvalue weighted by molar-refractivity contribution is 6.36. The summed E-state index contributed by atoms with van der Waals surface area (Å²) in [6.45, 7) is 0.104. The van der Waals surface area contributed by atoms with Crippen molar-refractivity contribution in [3.8, 4) is 0 Å². The van der Waals surface area contributed by atoms with Crippen molar-refractivity contribution in [1.29, 1.82) is 0 Å². The molecule has 0 aliphatic rings. The predicted octanol–water partition coefficient (Wildman–Crippen LogP) is -0.803. The van der Waals surface area contributed by atoms with Crippen molar-refractivity contribution in [3.63, 3.8) is 0 Å². The Labute approximate surface area is 49.1 Å². The molecular formula is C3H10BNO3. The van der Waals surface area contributed by atoms with Crippen LogP contribution in [-0.4, -0.2) is 28.3 Å². The van der Waals surface area contributed by atoms with Crippen LogP contribution in [-0.2, 0) is 14.0 Å². The average molecular weight is 119 g/mol. The maximum absolute atomic E-state index is 5.00. The minimum Gasteiger partial charge on any atom is -0.389 e. The largest absolute Gasteiger partial charge is 0.639 e. The summed E-state index contributed by atoms with van der Waals surface area (Å²) in [6, 6.07) is 0. The van der Waals surface area contributed by atoms with Gasteiger partial charge in [0, 0.05) is 14.2 Å². The van der Waals surface area contributed by atoms with Crippen molar-refractivity contribution in [1.82, 2.24) is 0 Å². The zero-order chi connectivity index (χ0) is 6.41. The van der Waals surface area contributed by atoms with Gasteiger partial charge < -0.3 is 19.7 Å². The molecule has 0 spiro atoms. The summed E-state index contributed by atoms with van der Waals surface area (Å²) < 4.78 is 13.9. The van der Waals surface area contributed by atoms with Crippen LogP contribution in [0.1, 0.15) is 0 Å². The molecule has 0 atom stereocenters. The summed E-state index contributed by atoms with van der Waals surface area (Å²) in [5.41, 5.74) is 5.00. The second-order valence-electron chi connectivity index (χ2n) is 1.09. The molecule has 0 bridgehead atoms. The van der Waals surface area contributed by atoms with E-state index in [1.54, 1.807) is 0 Å². The van der Waals surface area contributed by atoms with Gasteiger partial charge in [-0.15, -0.1) is 0 Å². The van der Waals surface area contributed by atoms with Crippen LogP contribution >= 0.6 is 0 Å². The van der Waals surface area contributed by atoms with Crippen LogP contribution in [0.5, 0.6) is 0 Å². The molecule has 5 heteroatoms. The van der Waals surface area contributed by atoms with Crippen molar-refractivity contribution in [2.45, 2.75) is 0 Å². The molecule has 0 rings (SSSR count). The van der Waals surface area contributed by atoms with Gasteiger partial charge in [0.25, 0.3) is 0 Å². The smallest absolute Gasteiger partial charge is 0.389 e. The molecule has 0 radical (unpaired) electrons. The van der Waals surface area contributed by atoms with Crippen molar-refractivity contribution < 1.29 is 14.0 Å². The van der Waals surface area contributed by atoms with Gasteiger partial charge in [-0.25, -0.2) is 0 Å². The highest BCUT2D eigenvalue weighted by atomic mass is 16.7. The fourth-order valence-corrected chi connectivity index (χ4v) is 0.311. The maximum Gasteiger partial charge on any atom is 0.639 e. The summed E-state index contributed by atoms with van der Waals surface area (Å²) in [7, 11) is 2.33. The van der Waals surface area contributed by atoms with Crippen LogP contribution in [0.3, 0.4) is 0 Å². The van der Waals surface area contributed by atoms with Gasteiger partial charge in [0.05, 0.1) is 6.73 Å². The van der Waals surface area contributed by atoms with Gasteiger partial charge in [-0.3, -0.25) is 0 Å². The van der Waals surface area contributed by atoms with Gasteiger partial charge in [0.15, 0.2) is 0 Å². The lowest BCUT2D eigenvalue weighted by Crippen LogP contribution is -2.26. The van der Waals surface area contributed by atoms with Crippen LogP contribution in [0.25, 0.3) is 0 Å². The van der Waals surface area contributed by atoms with Crippen LogP contribution in [0.15, 0.2) is 0 Å². The van der Waals surface area contributed by atoms with Crippen LogP contribution in [0, 0.1) is 0 Å². The first kappa shape index (κ1) is 7.90. The van der Waals surface area contributed by atoms with E-state index in [4.69, 9.17) is 5.73 Å². The molecular weight excluding hydrogens is 109 g/mol. The fraction of sp³-hybridized carbons (Fsp3) is 1.00. The van der Waals surface area contributed by atoms with E-state index in [0.717, 1.165) is 0 Å². The molecule has 0 aromatic carbocycles. The lowest BCUT2D eigenvalue weighted by atomic mass is 10.2. The standard InChI is InChI=1S/C3H10BNO3/c1-6-4(7-2)8-3-5/h3,5H2,1-2H3. The summed E-state index contributed by atoms with van der Waals surface area (Å²) in [4.78, 5) is 0. The van der Waals surface area contributed by atoms with Gasteiger partial charge in [-0.05, 0) is 0 Å². The topological polar surface area (TPSA) is 53.7 Å². The van der Waals surface area contributed by atoms with E-state index >= 15 is 0 Å². The molecule has 0 amide bonds. The van der Waals surface area contributed by atoms with Gasteiger partial charge in [-0.2, -0.15) is 0 Å². The monoisotopic (exact) mass is 119 g/mol. The molecule has 0 fully saturated rings. The molecule has 0 heterocycles. The summed E-state index contributed by atoms with van der Waals surface area (Å²) in [6.07, 6.45) is 0. The van der Waals surface area contributed by atoms with E-state index in [9.17, 15) is 0 Å². The second-order valence-corrected chi connectivity index (χ2v) is 1.09. The van der Waals surface area contributed by atoms with E-state index in [2.05, 4.69) is 14.0 Å². The van der Waals surface area contributed by atoms with E-state index in [1.165, 1.54) is 14.2 Å². The molecule has 0 saturated heterocycles. The first-order valence-electron chi connectivity index (χ1n) is 2.22. The van der Waals surface area contributed by atoms with E-state index < -0.39 is 7.32 Å². The lowest BCUT2D eigenvalue weighted by Gasteiger charge is -2.04. The highest BCUT2D eigenvalue weighted by Crippen LogP contribution is 1.83. The fourth-order valence-electron chi connectivity index (χ4n) is 0.311. The summed E-state index contributed by atoms with van der Waals surface area (Å²) in [5.74, 6) is 0. The van der Waals surface area contributed by atoms with Gasteiger partial charge in [0.1, 0.15) is 0 Å². The number of hydrogen-bond donors (Lipinski definition) is 1. The van der Waals surface area contributed by atoms with Crippen molar-refractivity contribution in [2.75, 3.05) is 21.0 Å². The molecule has 0 aliphatic carbocycles. The second kappa shape index (κ2) is 5.05. The summed E-state index contributed by atoms with van der Waals surface area (Å²) in [5, 5.41) is 0. The predicted molar refractivity (Wildman–Crippen MR) is 29.9 cm³/mol.